The van der Waals surface area contributed by atoms with E-state index < -0.39 is 5.92 Å². The number of hydrogen-bond acceptors (Lipinski definition) is 1. The van der Waals surface area contributed by atoms with E-state index in [9.17, 15) is 8.78 Å². The summed E-state index contributed by atoms with van der Waals surface area (Å²) in [4.78, 5) is 0. The molecule has 1 fully saturated rings. The van der Waals surface area contributed by atoms with Crippen molar-refractivity contribution < 1.29 is 8.78 Å². The summed E-state index contributed by atoms with van der Waals surface area (Å²) in [6, 6.07) is 0.445. The monoisotopic (exact) mass is 219 g/mol. The largest absolute Gasteiger partial charge is 0.314 e. The van der Waals surface area contributed by atoms with Gasteiger partial charge in [0.15, 0.2) is 0 Å². The Balaban J connectivity index is 2.35. The quantitative estimate of drug-likeness (QED) is 0.745. The molecule has 3 heteroatoms. The molecule has 0 amide bonds. The van der Waals surface area contributed by atoms with Crippen LogP contribution in [0.4, 0.5) is 8.78 Å². The van der Waals surface area contributed by atoms with Crippen LogP contribution in [0.2, 0.25) is 0 Å². The molecule has 0 aromatic rings. The van der Waals surface area contributed by atoms with E-state index in [1.165, 1.54) is 0 Å². The molecule has 1 rings (SSSR count). The first-order chi connectivity index (χ1) is 7.09. The normalized spacial score (nSPS) is 24.0. The summed E-state index contributed by atoms with van der Waals surface area (Å²) in [5, 5.41) is 3.47. The Morgan fingerprint density at radius 1 is 1.27 bits per heavy atom. The maximum absolute atomic E-state index is 13.0. The lowest BCUT2D eigenvalue weighted by atomic mass is 9.81. The van der Waals surface area contributed by atoms with Gasteiger partial charge in [0.05, 0.1) is 0 Å². The third-order valence-corrected chi connectivity index (χ3v) is 3.43. The summed E-state index contributed by atoms with van der Waals surface area (Å²) in [6.45, 7) is 5.28. The van der Waals surface area contributed by atoms with Gasteiger partial charge in [-0.2, -0.15) is 0 Å². The van der Waals surface area contributed by atoms with E-state index in [1.54, 1.807) is 0 Å². The van der Waals surface area contributed by atoms with Crippen LogP contribution in [0.25, 0.3) is 0 Å². The number of alkyl halides is 2. The van der Waals surface area contributed by atoms with Crippen molar-refractivity contribution in [1.29, 1.82) is 0 Å². The van der Waals surface area contributed by atoms with Crippen molar-refractivity contribution in [1.82, 2.24) is 5.32 Å². The van der Waals surface area contributed by atoms with Gasteiger partial charge in [0.2, 0.25) is 5.92 Å². The second-order valence-electron chi connectivity index (χ2n) is 4.66. The summed E-state index contributed by atoms with van der Waals surface area (Å²) >= 11 is 0. The lowest BCUT2D eigenvalue weighted by Crippen LogP contribution is -2.39. The molecule has 1 atom stereocenters. The van der Waals surface area contributed by atoms with Crippen LogP contribution in [0.1, 0.15) is 52.4 Å². The van der Waals surface area contributed by atoms with Gasteiger partial charge in [-0.15, -0.1) is 0 Å². The molecule has 0 saturated heterocycles. The highest BCUT2D eigenvalue weighted by molar-refractivity contribution is 4.84. The van der Waals surface area contributed by atoms with Crippen molar-refractivity contribution in [2.75, 3.05) is 6.54 Å². The van der Waals surface area contributed by atoms with Gasteiger partial charge in [0.1, 0.15) is 0 Å². The molecule has 0 radical (unpaired) electrons. The molecule has 0 spiro atoms. The molecule has 1 aliphatic carbocycles. The minimum absolute atomic E-state index is 0.0853. The summed E-state index contributed by atoms with van der Waals surface area (Å²) in [5.74, 6) is -1.93. The van der Waals surface area contributed by atoms with E-state index in [0.717, 1.165) is 19.4 Å². The van der Waals surface area contributed by atoms with Crippen LogP contribution >= 0.6 is 0 Å². The molecule has 0 bridgehead atoms. The van der Waals surface area contributed by atoms with Crippen LogP contribution in [0.5, 0.6) is 0 Å². The topological polar surface area (TPSA) is 12.0 Å². The maximum Gasteiger partial charge on any atom is 0.248 e. The van der Waals surface area contributed by atoms with Gasteiger partial charge in [-0.3, -0.25) is 0 Å². The van der Waals surface area contributed by atoms with Gasteiger partial charge in [-0.05, 0) is 38.1 Å². The highest BCUT2D eigenvalue weighted by atomic mass is 19.3. The highest BCUT2D eigenvalue weighted by Crippen LogP contribution is 2.37. The first-order valence-electron chi connectivity index (χ1n) is 6.20. The molecule has 15 heavy (non-hydrogen) atoms. The number of halogens is 2. The Bertz CT molecular complexity index is 172. The van der Waals surface area contributed by atoms with Gasteiger partial charge in [-0.1, -0.05) is 13.8 Å². The lowest BCUT2D eigenvalue weighted by molar-refractivity contribution is -0.0496. The number of rotatable bonds is 5. The molecule has 1 nitrogen and oxygen atoms in total. The average Bonchev–Trinajstić information content (AvgIpc) is 2.21. The molecular formula is C12H23F2N. The Hall–Kier alpha value is -0.180. The molecule has 1 saturated carbocycles. The summed E-state index contributed by atoms with van der Waals surface area (Å²) in [5.41, 5.74) is 0. The van der Waals surface area contributed by atoms with Gasteiger partial charge in [0, 0.05) is 18.9 Å². The third kappa shape index (κ3) is 4.06. The van der Waals surface area contributed by atoms with Crippen LogP contribution in [-0.2, 0) is 0 Å². The minimum atomic E-state index is -2.39. The Kier molecular flexibility index (Phi) is 4.97. The summed E-state index contributed by atoms with van der Waals surface area (Å²) in [7, 11) is 0. The van der Waals surface area contributed by atoms with E-state index in [2.05, 4.69) is 19.2 Å². The van der Waals surface area contributed by atoms with Crippen LogP contribution in [0.3, 0.4) is 0 Å². The first-order valence-corrected chi connectivity index (χ1v) is 6.20. The Morgan fingerprint density at radius 2 is 1.87 bits per heavy atom. The first kappa shape index (κ1) is 12.9. The fourth-order valence-electron chi connectivity index (χ4n) is 2.44. The SMILES string of the molecule is CCCNC(CC)C1CCC(F)(F)CC1. The third-order valence-electron chi connectivity index (χ3n) is 3.43. The van der Waals surface area contributed by atoms with Gasteiger partial charge in [-0.25, -0.2) is 8.78 Å². The Labute approximate surface area is 91.6 Å². The molecular weight excluding hydrogens is 196 g/mol. The summed E-state index contributed by atoms with van der Waals surface area (Å²) in [6.07, 6.45) is 3.70. The molecule has 0 aromatic carbocycles. The smallest absolute Gasteiger partial charge is 0.248 e. The zero-order chi connectivity index (χ0) is 11.3. The summed E-state index contributed by atoms with van der Waals surface area (Å²) < 4.78 is 26.0. The van der Waals surface area contributed by atoms with Crippen molar-refractivity contribution in [2.24, 2.45) is 5.92 Å². The fourth-order valence-corrected chi connectivity index (χ4v) is 2.44. The predicted octanol–water partition coefficient (Wildman–Crippen LogP) is 3.59. The zero-order valence-electron chi connectivity index (χ0n) is 9.86. The maximum atomic E-state index is 13.0. The van der Waals surface area contributed by atoms with Crippen molar-refractivity contribution >= 4 is 0 Å². The van der Waals surface area contributed by atoms with Gasteiger partial charge < -0.3 is 5.32 Å². The van der Waals surface area contributed by atoms with Crippen LogP contribution in [0, 0.1) is 5.92 Å². The second-order valence-corrected chi connectivity index (χ2v) is 4.66. The number of hydrogen-bond donors (Lipinski definition) is 1. The molecule has 0 aromatic heterocycles. The van der Waals surface area contributed by atoms with Gasteiger partial charge >= 0.3 is 0 Å². The van der Waals surface area contributed by atoms with E-state index in [-0.39, 0.29) is 12.8 Å². The highest BCUT2D eigenvalue weighted by Gasteiger charge is 2.36. The molecule has 0 heterocycles. The van der Waals surface area contributed by atoms with E-state index in [0.29, 0.717) is 24.8 Å². The van der Waals surface area contributed by atoms with Crippen LogP contribution in [-0.4, -0.2) is 18.5 Å². The minimum Gasteiger partial charge on any atom is -0.314 e. The molecule has 1 N–H and O–H groups in total. The molecule has 90 valence electrons. The predicted molar refractivity (Wildman–Crippen MR) is 59.3 cm³/mol. The van der Waals surface area contributed by atoms with E-state index in [4.69, 9.17) is 0 Å². The standard InChI is InChI=1S/C12H23F2N/c1-3-9-15-11(4-2)10-5-7-12(13,14)8-6-10/h10-11,15H,3-9H2,1-2H3. The van der Waals surface area contributed by atoms with E-state index >= 15 is 0 Å². The molecule has 1 aliphatic rings. The van der Waals surface area contributed by atoms with Crippen molar-refractivity contribution in [2.45, 2.75) is 64.3 Å². The number of nitrogens with one attached hydrogen (secondary N) is 1. The molecule has 1 unspecified atom stereocenters. The van der Waals surface area contributed by atoms with Gasteiger partial charge in [0.25, 0.3) is 0 Å². The van der Waals surface area contributed by atoms with Crippen LogP contribution in [0.15, 0.2) is 0 Å². The van der Waals surface area contributed by atoms with Crippen molar-refractivity contribution in [3.05, 3.63) is 0 Å². The zero-order valence-corrected chi connectivity index (χ0v) is 9.86. The van der Waals surface area contributed by atoms with Crippen molar-refractivity contribution in [3.8, 4) is 0 Å². The second kappa shape index (κ2) is 5.78. The molecule has 0 aliphatic heterocycles. The fraction of sp³-hybridized carbons (Fsp3) is 1.00. The van der Waals surface area contributed by atoms with Crippen LogP contribution < -0.4 is 5.32 Å². The van der Waals surface area contributed by atoms with Crippen molar-refractivity contribution in [3.63, 3.8) is 0 Å². The average molecular weight is 219 g/mol. The van der Waals surface area contributed by atoms with E-state index in [1.807, 2.05) is 0 Å². The Morgan fingerprint density at radius 3 is 2.33 bits per heavy atom. The lowest BCUT2D eigenvalue weighted by Gasteiger charge is -2.33.